The molecule has 10 fully saturated rings. The normalized spacial score (nSPS) is 29.7. The third kappa shape index (κ3) is 26.8. The number of aromatic nitrogens is 10. The van der Waals surface area contributed by atoms with Crippen LogP contribution in [0.25, 0.3) is 0 Å². The third-order valence-corrected chi connectivity index (χ3v) is 35.0. The van der Waals surface area contributed by atoms with Crippen molar-refractivity contribution in [2.45, 2.75) is 362 Å². The fourth-order valence-corrected chi connectivity index (χ4v) is 27.5. The van der Waals surface area contributed by atoms with Gasteiger partial charge in [-0.3, -0.25) is 47.9 Å². The zero-order valence-electron chi connectivity index (χ0n) is 87.5. The highest BCUT2D eigenvalue weighted by atomic mass is 19.3. The van der Waals surface area contributed by atoms with E-state index in [9.17, 15) is 43.9 Å². The molecule has 796 valence electrons. The lowest BCUT2D eigenvalue weighted by Crippen LogP contribution is -2.35. The lowest BCUT2D eigenvalue weighted by molar-refractivity contribution is -0.0309. The molecule has 0 unspecified atom stereocenters. The number of halogens is 10. The predicted molar refractivity (Wildman–Crippen MR) is 529 cm³/mol. The van der Waals surface area contributed by atoms with Crippen molar-refractivity contribution < 1.29 is 67.6 Å². The molecule has 5 aliphatic carbocycles. The zero-order chi connectivity index (χ0) is 100.0. The van der Waals surface area contributed by atoms with Gasteiger partial charge < -0.3 is 50.3 Å². The molecule has 15 aliphatic rings. The van der Waals surface area contributed by atoms with E-state index >= 15 is 0 Å². The Labute approximate surface area is 833 Å². The fourth-order valence-electron chi connectivity index (χ4n) is 27.5. The molecule has 141 heavy (non-hydrogen) atoms. The highest BCUT2D eigenvalue weighted by Gasteiger charge is 2.54. The van der Waals surface area contributed by atoms with Crippen molar-refractivity contribution in [3.05, 3.63) is 84.8 Å². The maximum atomic E-state index is 14.1. The summed E-state index contributed by atoms with van der Waals surface area (Å²) in [6.45, 7) is 23.9. The summed E-state index contributed by atoms with van der Waals surface area (Å²) in [6, 6.07) is 0. The molecule has 5 spiro atoms. The Morgan fingerprint density at radius 1 is 0.291 bits per heavy atom. The summed E-state index contributed by atoms with van der Waals surface area (Å²) >= 11 is 0. The number of nitrogens with zero attached hydrogens (tertiary/aromatic N) is 15. The van der Waals surface area contributed by atoms with Crippen LogP contribution in [-0.4, -0.2) is 304 Å². The average molecular weight is 2000 g/mol. The lowest BCUT2D eigenvalue weighted by atomic mass is 9.66. The minimum atomic E-state index is -2.66. The van der Waals surface area contributed by atoms with Crippen LogP contribution in [0.2, 0.25) is 0 Å². The Hall–Kier alpha value is -5.25. The Morgan fingerprint density at radius 2 is 0.489 bits per heavy atom. The zero-order valence-corrected chi connectivity index (χ0v) is 87.5. The van der Waals surface area contributed by atoms with Gasteiger partial charge in [0.1, 0.15) is 32.7 Å². The van der Waals surface area contributed by atoms with Crippen LogP contribution in [-0.2, 0) is 121 Å². The molecule has 35 heteroatoms. The number of ether oxygens (including phenoxy) is 5. The van der Waals surface area contributed by atoms with E-state index in [0.29, 0.717) is 57.8 Å². The summed E-state index contributed by atoms with van der Waals surface area (Å²) in [5.41, 5.74) is 16.3. The number of fused-ring (bicyclic) bond motifs is 5. The molecule has 20 rings (SSSR count). The minimum Gasteiger partial charge on any atom is -0.381 e. The molecule has 5 N–H and O–H groups in total. The van der Waals surface area contributed by atoms with E-state index in [2.05, 4.69) is 126 Å². The largest absolute Gasteiger partial charge is 0.381 e. The minimum absolute atomic E-state index is 0.00399. The van der Waals surface area contributed by atoms with E-state index in [4.69, 9.17) is 23.7 Å². The van der Waals surface area contributed by atoms with Gasteiger partial charge in [-0.05, 0) is 313 Å². The highest BCUT2D eigenvalue weighted by Crippen LogP contribution is 2.57. The van der Waals surface area contributed by atoms with Crippen molar-refractivity contribution >= 4 is 0 Å². The molecule has 5 aromatic rings. The first-order chi connectivity index (χ1) is 67.3. The first-order valence-electron chi connectivity index (χ1n) is 54.2. The van der Waals surface area contributed by atoms with Gasteiger partial charge in [-0.25, -0.2) is 43.9 Å². The molecular formula is C106H172F10N20O5. The van der Waals surface area contributed by atoms with Gasteiger partial charge in [0.15, 0.2) is 0 Å². The van der Waals surface area contributed by atoms with Crippen molar-refractivity contribution in [1.29, 1.82) is 0 Å². The summed E-state index contributed by atoms with van der Waals surface area (Å²) in [7, 11) is 20.1. The van der Waals surface area contributed by atoms with Gasteiger partial charge in [0, 0.05) is 181 Å². The Balaban J connectivity index is 0.000000127. The van der Waals surface area contributed by atoms with E-state index in [1.165, 1.54) is 25.7 Å². The van der Waals surface area contributed by atoms with E-state index < -0.39 is 29.6 Å². The Morgan fingerprint density at radius 3 is 0.660 bits per heavy atom. The van der Waals surface area contributed by atoms with Gasteiger partial charge in [-0.2, -0.15) is 25.5 Å². The second-order valence-electron chi connectivity index (χ2n) is 47.5. The van der Waals surface area contributed by atoms with Crippen LogP contribution < -0.4 is 26.6 Å². The standard InChI is InChI=1S/C22H36F2N4O.4C21H34F2N4O/c1-20(2)13-21(29-15-20)7-5-16(6-8-21)19-17(12-27(4)10-9-25-3)26-28-14-22(23,24)11-18(19)28;4*1-24-9-10-26(2)13-17-19(18-12-21(22,23)14-27(18)25-17)16-4-7-20(8-5-16)6-3-11-28-15-20/h16,25H,5-15H2,1-4H3;4*16,24H,3-15H2,1-2H3. The number of rotatable bonds is 30. The molecule has 10 aliphatic heterocycles. The number of hydrogen-bond acceptors (Lipinski definition) is 20. The maximum Gasteiger partial charge on any atom is 0.272 e. The molecule has 15 heterocycles. The molecule has 0 bridgehead atoms. The topological polar surface area (TPSA) is 212 Å². The average Bonchev–Trinajstić information content (AvgIpc) is 1.55. The quantitative estimate of drug-likeness (QED) is 0.0271. The molecule has 0 radical (unpaired) electrons. The lowest BCUT2D eigenvalue weighted by Gasteiger charge is -2.42. The van der Waals surface area contributed by atoms with Gasteiger partial charge in [-0.15, -0.1) is 0 Å². The molecule has 0 aromatic carbocycles. The summed E-state index contributed by atoms with van der Waals surface area (Å²) in [4.78, 5) is 11.2. The monoisotopic (exact) mass is 2000 g/mol. The van der Waals surface area contributed by atoms with Crippen molar-refractivity contribution in [2.75, 3.05) is 195 Å². The summed E-state index contributed by atoms with van der Waals surface area (Å²) in [6.07, 6.45) is 31.8. The Bertz CT molecular complexity index is 4340. The third-order valence-electron chi connectivity index (χ3n) is 35.0. The second kappa shape index (κ2) is 46.1. The maximum absolute atomic E-state index is 14.1. The molecular weight excluding hydrogens is 1820 g/mol. The summed E-state index contributed by atoms with van der Waals surface area (Å²) < 4.78 is 178. The van der Waals surface area contributed by atoms with Gasteiger partial charge in [0.2, 0.25) is 0 Å². The van der Waals surface area contributed by atoms with Crippen molar-refractivity contribution in [3.63, 3.8) is 0 Å². The first kappa shape index (κ1) is 108. The van der Waals surface area contributed by atoms with E-state index in [1.54, 1.807) is 23.4 Å². The van der Waals surface area contributed by atoms with E-state index in [-0.39, 0.29) is 75.8 Å². The van der Waals surface area contributed by atoms with Gasteiger partial charge >= 0.3 is 0 Å². The van der Waals surface area contributed by atoms with Crippen LogP contribution >= 0.6 is 0 Å². The number of likely N-dealkylation sites (N-methyl/N-ethyl adjacent to an activating group) is 10. The molecule has 5 saturated carbocycles. The van der Waals surface area contributed by atoms with Crippen molar-refractivity contribution in [2.24, 2.45) is 27.1 Å². The number of nitrogens with one attached hydrogen (secondary N) is 5. The summed E-state index contributed by atoms with van der Waals surface area (Å²) in [5, 5.41) is 39.2. The van der Waals surface area contributed by atoms with Crippen LogP contribution in [0, 0.1) is 27.1 Å². The van der Waals surface area contributed by atoms with E-state index in [1.807, 2.05) is 35.2 Å². The second-order valence-corrected chi connectivity index (χ2v) is 47.5. The number of alkyl halides is 10. The SMILES string of the molecule is CNCCN(C)Cc1nn2c(c1C1CCC3(CC1)CC(C)(C)CO3)CC(F)(F)C2.CNCCN(C)Cc1nn2c(c1C1CCC3(CCCOC3)CC1)CC(F)(F)C2.CNCCN(C)Cc1nn2c(c1C1CCC3(CCCOC3)CC1)CC(F)(F)C2.CNCCN(C)Cc1nn2c(c1C1CCC3(CCCOC3)CC1)CC(F)(F)C2.CNCCN(C)Cc1nn2c(c1C1CCC3(CCCOC3)CC1)CC(F)(F)C2. The smallest absolute Gasteiger partial charge is 0.272 e. The van der Waals surface area contributed by atoms with Crippen LogP contribution in [0.5, 0.6) is 0 Å². The molecule has 5 aromatic heterocycles. The van der Waals surface area contributed by atoms with Crippen molar-refractivity contribution in [1.82, 2.24) is 100.0 Å². The fraction of sp³-hybridized carbons (Fsp3) is 0.858. The highest BCUT2D eigenvalue weighted by molar-refractivity contribution is 5.39. The van der Waals surface area contributed by atoms with Gasteiger partial charge in [0.25, 0.3) is 29.6 Å². The van der Waals surface area contributed by atoms with Crippen LogP contribution in [0.3, 0.4) is 0 Å². The van der Waals surface area contributed by atoms with Crippen LogP contribution in [0.15, 0.2) is 0 Å². The van der Waals surface area contributed by atoms with Gasteiger partial charge in [-0.1, -0.05) is 13.8 Å². The van der Waals surface area contributed by atoms with Crippen LogP contribution in [0.1, 0.15) is 314 Å². The summed E-state index contributed by atoms with van der Waals surface area (Å²) in [5.74, 6) is -11.5. The Kier molecular flexibility index (Phi) is 35.4. The predicted octanol–water partition coefficient (Wildman–Crippen LogP) is 16.3. The first-order valence-corrected chi connectivity index (χ1v) is 54.2. The van der Waals surface area contributed by atoms with Gasteiger partial charge in [0.05, 0.1) is 99.2 Å². The molecule has 5 saturated heterocycles. The number of hydrogen-bond donors (Lipinski definition) is 5. The van der Waals surface area contributed by atoms with E-state index in [0.717, 1.165) is 396 Å². The molecule has 0 amide bonds. The molecule has 0 atom stereocenters. The van der Waals surface area contributed by atoms with Crippen molar-refractivity contribution in [3.8, 4) is 0 Å². The van der Waals surface area contributed by atoms with Crippen LogP contribution in [0.4, 0.5) is 43.9 Å². The molecule has 25 nitrogen and oxygen atoms in total.